The molecule has 0 bridgehead atoms. The highest BCUT2D eigenvalue weighted by atomic mass is 16.3. The normalized spacial score (nSPS) is 13.1. The van der Waals surface area contributed by atoms with Crippen LogP contribution in [0.25, 0.3) is 104 Å². The minimum atomic E-state index is -0.760. The Morgan fingerprint density at radius 3 is 1.40 bits per heavy atom. The molecule has 1 spiro atoms. The van der Waals surface area contributed by atoms with Crippen LogP contribution in [0.3, 0.4) is 0 Å². The first-order chi connectivity index (χ1) is 40.5. The summed E-state index contributed by atoms with van der Waals surface area (Å²) in [5.74, 6) is 0. The van der Waals surface area contributed by atoms with Crippen LogP contribution in [0.4, 0.5) is 34.1 Å². The molecule has 0 radical (unpaired) electrons. The number of rotatable bonds is 6. The Bertz CT molecular complexity index is 5340. The van der Waals surface area contributed by atoms with Crippen LogP contribution in [0, 0.1) is 13.8 Å². The SMILES string of the molecule is Cc1ccccc1N(c1ccc2c(c1)c1cc(N(c3ccccc3C)c3cccc4c3oc3ccccc34)cc3c1n2-c1ccccc1C31c2ccc3ccccc3c2-c2c1ccc1ccccc21)c1cccc2c1oc1ccccc12. The molecule has 16 aromatic rings. The number of anilines is 6. The van der Waals surface area contributed by atoms with Gasteiger partial charge in [-0.3, -0.25) is 0 Å². The fourth-order valence-corrected chi connectivity index (χ4v) is 14.7. The molecule has 5 heteroatoms. The molecule has 0 unspecified atom stereocenters. The van der Waals surface area contributed by atoms with E-state index in [-0.39, 0.29) is 0 Å². The molecule has 18 rings (SSSR count). The van der Waals surface area contributed by atoms with Crippen molar-refractivity contribution < 1.29 is 8.83 Å². The van der Waals surface area contributed by atoms with Gasteiger partial charge < -0.3 is 23.2 Å². The van der Waals surface area contributed by atoms with E-state index in [0.29, 0.717) is 0 Å². The average Bonchev–Trinajstić information content (AvgIpc) is 1.63. The number of para-hydroxylation sites is 7. The Morgan fingerprint density at radius 2 is 0.805 bits per heavy atom. The van der Waals surface area contributed by atoms with E-state index in [2.05, 4.69) is 289 Å². The van der Waals surface area contributed by atoms with E-state index < -0.39 is 5.41 Å². The number of aryl methyl sites for hydroxylation is 2. The van der Waals surface area contributed by atoms with Crippen molar-refractivity contribution in [1.82, 2.24) is 4.57 Å². The van der Waals surface area contributed by atoms with E-state index in [0.717, 1.165) is 105 Å². The van der Waals surface area contributed by atoms with Gasteiger partial charge in [0.1, 0.15) is 11.2 Å². The Balaban J connectivity index is 1.02. The van der Waals surface area contributed by atoms with E-state index in [1.807, 2.05) is 0 Å². The van der Waals surface area contributed by atoms with Crippen LogP contribution < -0.4 is 9.80 Å². The average molecular weight is 1050 g/mol. The molecule has 1 aliphatic carbocycles. The largest absolute Gasteiger partial charge is 0.454 e. The Kier molecular flexibility index (Phi) is 9.23. The molecule has 5 nitrogen and oxygen atoms in total. The van der Waals surface area contributed by atoms with Gasteiger partial charge >= 0.3 is 0 Å². The first-order valence-corrected chi connectivity index (χ1v) is 28.3. The van der Waals surface area contributed by atoms with E-state index in [1.165, 1.54) is 66.1 Å². The Hall–Kier alpha value is -10.6. The zero-order valence-electron chi connectivity index (χ0n) is 45.0. The monoisotopic (exact) mass is 1050 g/mol. The van der Waals surface area contributed by atoms with Gasteiger partial charge in [-0.05, 0) is 153 Å². The summed E-state index contributed by atoms with van der Waals surface area (Å²) in [7, 11) is 0. The topological polar surface area (TPSA) is 37.7 Å². The molecule has 0 saturated heterocycles. The zero-order valence-corrected chi connectivity index (χ0v) is 45.0. The molecule has 384 valence electrons. The summed E-state index contributed by atoms with van der Waals surface area (Å²) in [5.41, 5.74) is 22.2. The highest BCUT2D eigenvalue weighted by Gasteiger charge is 2.52. The highest BCUT2D eigenvalue weighted by Crippen LogP contribution is 2.64. The second kappa shape index (κ2) is 16.7. The van der Waals surface area contributed by atoms with Crippen LogP contribution in [0.2, 0.25) is 0 Å². The second-order valence-electron chi connectivity index (χ2n) is 22.4. The van der Waals surface area contributed by atoms with Gasteiger partial charge in [-0.15, -0.1) is 0 Å². The van der Waals surface area contributed by atoms with Crippen molar-refractivity contribution in [2.24, 2.45) is 0 Å². The molecule has 4 heterocycles. The number of nitrogens with zero attached hydrogens (tertiary/aromatic N) is 3. The van der Waals surface area contributed by atoms with Gasteiger partial charge in [-0.1, -0.05) is 188 Å². The number of furan rings is 2. The van der Waals surface area contributed by atoms with Crippen molar-refractivity contribution in [3.8, 4) is 16.8 Å². The van der Waals surface area contributed by atoms with Crippen molar-refractivity contribution in [2.45, 2.75) is 19.3 Å². The zero-order chi connectivity index (χ0) is 53.9. The summed E-state index contributed by atoms with van der Waals surface area (Å²) >= 11 is 0. The van der Waals surface area contributed by atoms with Gasteiger partial charge in [-0.2, -0.15) is 0 Å². The summed E-state index contributed by atoms with van der Waals surface area (Å²) < 4.78 is 16.5. The lowest BCUT2D eigenvalue weighted by atomic mass is 9.65. The van der Waals surface area contributed by atoms with Gasteiger partial charge in [0, 0.05) is 55.1 Å². The molecule has 2 aliphatic rings. The lowest BCUT2D eigenvalue weighted by Crippen LogP contribution is -2.33. The Labute approximate surface area is 472 Å². The summed E-state index contributed by atoms with van der Waals surface area (Å²) in [6.45, 7) is 4.43. The predicted molar refractivity (Wildman–Crippen MR) is 340 cm³/mol. The van der Waals surface area contributed by atoms with Gasteiger partial charge in [-0.25, -0.2) is 0 Å². The van der Waals surface area contributed by atoms with Gasteiger partial charge in [0.15, 0.2) is 11.2 Å². The molecule has 1 aliphatic heterocycles. The van der Waals surface area contributed by atoms with E-state index in [1.54, 1.807) is 0 Å². The standard InChI is InChI=1S/C77H49N3O2/c1-46-19-3-12-30-64(46)78(68-33-17-27-56-54-25-9-15-35-70(54)81-75(56)68)50-39-42-66-58(43-50)59-44-51(79(65-31-13-4-20-47(65)2)69-34-18-28-57-55-26-10-16-36-71(55)82-76(57)69)45-63-74(59)80(66)67-32-14-11-29-60(67)77(63)61-40-37-48-21-5-7-23-52(48)72(61)73-53-24-8-6-22-49(53)38-41-62(73)77/h3-45H,1-2H3. The third-order valence-corrected chi connectivity index (χ3v) is 18.2. The lowest BCUT2D eigenvalue weighted by molar-refractivity contribution is 0.668. The fourth-order valence-electron chi connectivity index (χ4n) is 14.7. The minimum absolute atomic E-state index is 0.760. The number of aromatic nitrogens is 1. The van der Waals surface area contributed by atoms with Crippen molar-refractivity contribution in [2.75, 3.05) is 9.80 Å². The summed E-state index contributed by atoms with van der Waals surface area (Å²) in [4.78, 5) is 4.88. The van der Waals surface area contributed by atoms with Gasteiger partial charge in [0.05, 0.1) is 33.5 Å². The van der Waals surface area contributed by atoms with Crippen LogP contribution in [-0.4, -0.2) is 4.57 Å². The molecule has 13 aromatic carbocycles. The van der Waals surface area contributed by atoms with Crippen LogP contribution in [0.15, 0.2) is 270 Å². The summed E-state index contributed by atoms with van der Waals surface area (Å²) in [5, 5.41) is 11.6. The van der Waals surface area contributed by atoms with Gasteiger partial charge in [0.25, 0.3) is 0 Å². The molecular formula is C77H49N3O2. The number of hydrogen-bond acceptors (Lipinski definition) is 4. The van der Waals surface area contributed by atoms with E-state index in [4.69, 9.17) is 8.83 Å². The number of benzene rings is 13. The second-order valence-corrected chi connectivity index (χ2v) is 22.4. The molecule has 0 atom stereocenters. The predicted octanol–water partition coefficient (Wildman–Crippen LogP) is 21.1. The molecule has 0 saturated carbocycles. The molecule has 82 heavy (non-hydrogen) atoms. The molecule has 0 amide bonds. The smallest absolute Gasteiger partial charge is 0.159 e. The van der Waals surface area contributed by atoms with Crippen LogP contribution >= 0.6 is 0 Å². The van der Waals surface area contributed by atoms with Crippen molar-refractivity contribution >= 4 is 121 Å². The van der Waals surface area contributed by atoms with Crippen molar-refractivity contribution in [3.05, 3.63) is 294 Å². The van der Waals surface area contributed by atoms with Crippen LogP contribution in [0.5, 0.6) is 0 Å². The van der Waals surface area contributed by atoms with Crippen LogP contribution in [-0.2, 0) is 5.41 Å². The number of hydrogen-bond donors (Lipinski definition) is 0. The molecular weight excluding hydrogens is 999 g/mol. The number of fused-ring (bicyclic) bond motifs is 22. The van der Waals surface area contributed by atoms with Gasteiger partial charge in [0.2, 0.25) is 0 Å². The maximum absolute atomic E-state index is 7.02. The summed E-state index contributed by atoms with van der Waals surface area (Å²) in [6, 6.07) is 96.3. The molecule has 3 aromatic heterocycles. The third kappa shape index (κ3) is 5.96. The van der Waals surface area contributed by atoms with Crippen LogP contribution in [0.1, 0.15) is 33.4 Å². The summed E-state index contributed by atoms with van der Waals surface area (Å²) in [6.07, 6.45) is 0. The minimum Gasteiger partial charge on any atom is -0.454 e. The highest BCUT2D eigenvalue weighted by molar-refractivity contribution is 6.19. The maximum Gasteiger partial charge on any atom is 0.159 e. The fraction of sp³-hybridized carbons (Fsp3) is 0.0390. The van der Waals surface area contributed by atoms with E-state index in [9.17, 15) is 0 Å². The lowest BCUT2D eigenvalue weighted by Gasteiger charge is -2.40. The molecule has 0 fully saturated rings. The maximum atomic E-state index is 7.02. The van der Waals surface area contributed by atoms with Crippen molar-refractivity contribution in [1.29, 1.82) is 0 Å². The quantitative estimate of drug-likeness (QED) is 0.166. The van der Waals surface area contributed by atoms with E-state index >= 15 is 0 Å². The Morgan fingerprint density at radius 1 is 0.329 bits per heavy atom. The van der Waals surface area contributed by atoms with Crippen molar-refractivity contribution in [3.63, 3.8) is 0 Å². The molecule has 0 N–H and O–H groups in total. The first-order valence-electron chi connectivity index (χ1n) is 28.3. The first kappa shape index (κ1) is 45.3. The third-order valence-electron chi connectivity index (χ3n) is 18.2.